The number of nitrogens with zero attached hydrogens (tertiary/aromatic N) is 2. The van der Waals surface area contributed by atoms with Gasteiger partial charge in [0.25, 0.3) is 0 Å². The van der Waals surface area contributed by atoms with E-state index in [1.165, 1.54) is 3.58 Å². The quantitative estimate of drug-likeness (QED) is 0.603. The van der Waals surface area contributed by atoms with Gasteiger partial charge in [-0.25, -0.2) is 0 Å². The molecule has 0 aromatic carbocycles. The molecule has 0 atom stereocenters. The van der Waals surface area contributed by atoms with Gasteiger partial charge in [-0.2, -0.15) is 0 Å². The number of allylic oxidation sites excluding steroid dienone is 1. The van der Waals surface area contributed by atoms with Crippen LogP contribution in [0.15, 0.2) is 20.8 Å². The van der Waals surface area contributed by atoms with Crippen LogP contribution in [0.25, 0.3) is 6.08 Å². The van der Waals surface area contributed by atoms with Crippen LogP contribution in [0.1, 0.15) is 18.2 Å². The first-order valence-corrected chi connectivity index (χ1v) is 4.99. The lowest BCUT2D eigenvalue weighted by molar-refractivity contribution is 1.18. The van der Waals surface area contributed by atoms with Gasteiger partial charge < -0.3 is 0 Å². The molecular formula is C10H11IN2. The van der Waals surface area contributed by atoms with Crippen LogP contribution in [0.5, 0.6) is 0 Å². The lowest BCUT2D eigenvalue weighted by atomic mass is 10.2. The number of hydrogen-bond donors (Lipinski definition) is 0. The number of aromatic nitrogens is 1. The maximum atomic E-state index is 4.15. The van der Waals surface area contributed by atoms with E-state index in [0.717, 1.165) is 16.9 Å². The third kappa shape index (κ3) is 2.62. The van der Waals surface area contributed by atoms with Gasteiger partial charge >= 0.3 is 0 Å². The van der Waals surface area contributed by atoms with Gasteiger partial charge in [-0.3, -0.25) is 9.98 Å². The third-order valence-corrected chi connectivity index (χ3v) is 1.96. The summed E-state index contributed by atoms with van der Waals surface area (Å²) in [7, 11) is 0. The molecule has 0 saturated heterocycles. The second kappa shape index (κ2) is 4.50. The first kappa shape index (κ1) is 10.4. The van der Waals surface area contributed by atoms with E-state index in [9.17, 15) is 0 Å². The Balaban J connectivity index is 3.28. The highest BCUT2D eigenvalue weighted by Crippen LogP contribution is 2.24. The predicted octanol–water partition coefficient (Wildman–Crippen LogP) is 3.52. The van der Waals surface area contributed by atoms with Gasteiger partial charge in [-0.05, 0) is 58.9 Å². The van der Waals surface area contributed by atoms with Crippen molar-refractivity contribution >= 4 is 41.1 Å². The molecule has 1 aromatic rings. The van der Waals surface area contributed by atoms with E-state index < -0.39 is 0 Å². The zero-order valence-electron chi connectivity index (χ0n) is 7.71. The van der Waals surface area contributed by atoms with Crippen LogP contribution in [-0.2, 0) is 0 Å². The zero-order chi connectivity index (χ0) is 9.84. The summed E-state index contributed by atoms with van der Waals surface area (Å²) < 4.78 is 1.22. The molecule has 3 heteroatoms. The fraction of sp³-hybridized carbons (Fsp3) is 0.200. The summed E-state index contributed by atoms with van der Waals surface area (Å²) in [5.74, 6) is 0. The molecule has 0 aliphatic rings. The molecule has 0 spiro atoms. The molecule has 1 aromatic heterocycles. The second-order valence-corrected chi connectivity index (χ2v) is 4.42. The molecule has 0 N–H and O–H groups in total. The predicted molar refractivity (Wildman–Crippen MR) is 65.9 cm³/mol. The Morgan fingerprint density at radius 2 is 2.38 bits per heavy atom. The Morgan fingerprint density at radius 1 is 1.69 bits per heavy atom. The molecule has 0 aliphatic carbocycles. The number of aryl methyl sites for hydroxylation is 1. The molecule has 0 unspecified atom stereocenters. The van der Waals surface area contributed by atoms with Crippen molar-refractivity contribution in [3.8, 4) is 0 Å². The van der Waals surface area contributed by atoms with Gasteiger partial charge in [0, 0.05) is 11.8 Å². The van der Waals surface area contributed by atoms with Crippen LogP contribution in [0.3, 0.4) is 0 Å². The Morgan fingerprint density at radius 3 is 2.92 bits per heavy atom. The number of rotatable bonds is 2. The SMILES string of the molecule is C=Nc1c(/C=C(\C)I)ccnc1C. The topological polar surface area (TPSA) is 25.2 Å². The highest BCUT2D eigenvalue weighted by molar-refractivity contribution is 14.1. The van der Waals surface area contributed by atoms with Crippen molar-refractivity contribution in [3.05, 3.63) is 27.1 Å². The van der Waals surface area contributed by atoms with Gasteiger partial charge in [0.1, 0.15) is 0 Å². The van der Waals surface area contributed by atoms with Crippen molar-refractivity contribution in [2.45, 2.75) is 13.8 Å². The van der Waals surface area contributed by atoms with E-state index in [2.05, 4.69) is 45.4 Å². The monoisotopic (exact) mass is 286 g/mol. The number of aliphatic imine (C=N–C) groups is 1. The molecule has 0 radical (unpaired) electrons. The Labute approximate surface area is 91.9 Å². The summed E-state index contributed by atoms with van der Waals surface area (Å²) in [6, 6.07) is 1.94. The summed E-state index contributed by atoms with van der Waals surface area (Å²) >= 11 is 2.27. The fourth-order valence-electron chi connectivity index (χ4n) is 1.11. The zero-order valence-corrected chi connectivity index (χ0v) is 9.87. The molecule has 68 valence electrons. The number of halogens is 1. The average Bonchev–Trinajstić information content (AvgIpc) is 2.03. The van der Waals surface area contributed by atoms with Gasteiger partial charge in [0.2, 0.25) is 0 Å². The van der Waals surface area contributed by atoms with Crippen molar-refractivity contribution in [1.29, 1.82) is 0 Å². The minimum Gasteiger partial charge on any atom is -0.262 e. The van der Waals surface area contributed by atoms with Crippen LogP contribution < -0.4 is 0 Å². The van der Waals surface area contributed by atoms with Crippen molar-refractivity contribution in [2.75, 3.05) is 0 Å². The van der Waals surface area contributed by atoms with Crippen molar-refractivity contribution < 1.29 is 0 Å². The van der Waals surface area contributed by atoms with E-state index in [4.69, 9.17) is 0 Å². The second-order valence-electron chi connectivity index (χ2n) is 2.72. The molecule has 13 heavy (non-hydrogen) atoms. The van der Waals surface area contributed by atoms with Crippen molar-refractivity contribution in [2.24, 2.45) is 4.99 Å². The molecule has 1 rings (SSSR count). The lowest BCUT2D eigenvalue weighted by Gasteiger charge is -2.02. The van der Waals surface area contributed by atoms with Crippen LogP contribution in [0.4, 0.5) is 5.69 Å². The van der Waals surface area contributed by atoms with Gasteiger partial charge in [-0.1, -0.05) is 0 Å². The van der Waals surface area contributed by atoms with E-state index in [1.54, 1.807) is 6.20 Å². The maximum absolute atomic E-state index is 4.15. The average molecular weight is 286 g/mol. The Bertz CT molecular complexity index is 352. The Hall–Kier alpha value is -0.710. The summed E-state index contributed by atoms with van der Waals surface area (Å²) in [5.41, 5.74) is 2.87. The molecule has 1 heterocycles. The summed E-state index contributed by atoms with van der Waals surface area (Å²) in [6.07, 6.45) is 3.86. The number of pyridine rings is 1. The first-order valence-electron chi connectivity index (χ1n) is 3.91. The van der Waals surface area contributed by atoms with Gasteiger partial charge in [-0.15, -0.1) is 0 Å². The van der Waals surface area contributed by atoms with Gasteiger partial charge in [0.15, 0.2) is 0 Å². The highest BCUT2D eigenvalue weighted by atomic mass is 127. The highest BCUT2D eigenvalue weighted by Gasteiger charge is 2.01. The fourth-order valence-corrected chi connectivity index (χ4v) is 1.45. The van der Waals surface area contributed by atoms with E-state index in [0.29, 0.717) is 0 Å². The maximum Gasteiger partial charge on any atom is 0.0907 e. The van der Waals surface area contributed by atoms with Crippen molar-refractivity contribution in [3.63, 3.8) is 0 Å². The van der Waals surface area contributed by atoms with Crippen LogP contribution in [-0.4, -0.2) is 11.7 Å². The van der Waals surface area contributed by atoms with E-state index in [1.807, 2.05) is 19.9 Å². The largest absolute Gasteiger partial charge is 0.262 e. The smallest absolute Gasteiger partial charge is 0.0907 e. The summed E-state index contributed by atoms with van der Waals surface area (Å²) in [5, 5.41) is 0. The first-order chi connectivity index (χ1) is 6.15. The van der Waals surface area contributed by atoms with E-state index in [-0.39, 0.29) is 0 Å². The molecule has 0 fully saturated rings. The third-order valence-electron chi connectivity index (χ3n) is 1.65. The van der Waals surface area contributed by atoms with Crippen LogP contribution >= 0.6 is 22.6 Å². The summed E-state index contributed by atoms with van der Waals surface area (Å²) in [6.45, 7) is 7.52. The normalized spacial score (nSPS) is 11.5. The van der Waals surface area contributed by atoms with Crippen LogP contribution in [0.2, 0.25) is 0 Å². The molecule has 2 nitrogen and oxygen atoms in total. The minimum absolute atomic E-state index is 0.874. The molecule has 0 aliphatic heterocycles. The van der Waals surface area contributed by atoms with Crippen molar-refractivity contribution in [1.82, 2.24) is 4.98 Å². The number of hydrogen-bond acceptors (Lipinski definition) is 2. The van der Waals surface area contributed by atoms with Crippen LogP contribution in [0, 0.1) is 6.92 Å². The molecule has 0 amide bonds. The molecule has 0 bridgehead atoms. The Kier molecular flexibility index (Phi) is 3.59. The molecular weight excluding hydrogens is 275 g/mol. The lowest BCUT2D eigenvalue weighted by Crippen LogP contribution is -1.84. The molecule has 0 saturated carbocycles. The minimum atomic E-state index is 0.874. The standard InChI is InChI=1S/C10H11IN2/c1-7(11)6-9-4-5-13-8(2)10(9)12-3/h4-6H,3H2,1-2H3/b7-6+. The van der Waals surface area contributed by atoms with E-state index >= 15 is 0 Å². The summed E-state index contributed by atoms with van der Waals surface area (Å²) in [4.78, 5) is 8.12. The van der Waals surface area contributed by atoms with Gasteiger partial charge in [0.05, 0.1) is 11.4 Å².